The van der Waals surface area contributed by atoms with Gasteiger partial charge in [0.15, 0.2) is 0 Å². The Bertz CT molecular complexity index is 309. The highest BCUT2D eigenvalue weighted by molar-refractivity contribution is 5.22. The second-order valence-corrected chi connectivity index (χ2v) is 6.97. The summed E-state index contributed by atoms with van der Waals surface area (Å²) in [5.41, 5.74) is 3.88. The molecule has 1 N–H and O–H groups in total. The van der Waals surface area contributed by atoms with Gasteiger partial charge in [0.1, 0.15) is 6.54 Å². The van der Waals surface area contributed by atoms with Crippen LogP contribution < -0.4 is 5.32 Å². The van der Waals surface area contributed by atoms with Crippen LogP contribution in [0.2, 0.25) is 0 Å². The van der Waals surface area contributed by atoms with Gasteiger partial charge in [0.05, 0.1) is 20.1 Å². The summed E-state index contributed by atoms with van der Waals surface area (Å²) in [7, 11) is 2.44. The molecule has 98 valence electrons. The fourth-order valence-electron chi connectivity index (χ4n) is 3.50. The summed E-state index contributed by atoms with van der Waals surface area (Å²) in [5.74, 6) is 0. The van der Waals surface area contributed by atoms with Crippen molar-refractivity contribution in [3.05, 3.63) is 11.1 Å². The van der Waals surface area contributed by atoms with Crippen molar-refractivity contribution in [2.24, 2.45) is 5.41 Å². The Morgan fingerprint density at radius 1 is 1.24 bits per heavy atom. The molecule has 17 heavy (non-hydrogen) atoms. The lowest BCUT2D eigenvalue weighted by Gasteiger charge is -2.43. The molecule has 1 heterocycles. The first-order chi connectivity index (χ1) is 7.93. The van der Waals surface area contributed by atoms with Gasteiger partial charge < -0.3 is 9.80 Å². The fourth-order valence-corrected chi connectivity index (χ4v) is 3.50. The molecular formula is C15H29N2+. The van der Waals surface area contributed by atoms with E-state index in [2.05, 4.69) is 33.1 Å². The molecule has 0 aromatic carbocycles. The number of nitrogens with zero attached hydrogens (tertiary/aromatic N) is 1. The Kier molecular flexibility index (Phi) is 3.65. The van der Waals surface area contributed by atoms with Gasteiger partial charge in [-0.3, -0.25) is 0 Å². The van der Waals surface area contributed by atoms with Crippen LogP contribution in [0.15, 0.2) is 11.1 Å². The molecule has 0 amide bonds. The average Bonchev–Trinajstić information content (AvgIpc) is 2.25. The zero-order valence-corrected chi connectivity index (χ0v) is 12.1. The molecule has 2 heteroatoms. The minimum Gasteiger partial charge on any atom is -0.320 e. The lowest BCUT2D eigenvalue weighted by molar-refractivity contribution is -0.907. The molecule has 0 atom stereocenters. The zero-order valence-electron chi connectivity index (χ0n) is 12.1. The molecule has 0 spiro atoms. The highest BCUT2D eigenvalue weighted by Crippen LogP contribution is 2.41. The van der Waals surface area contributed by atoms with Crippen LogP contribution in [0.4, 0.5) is 0 Å². The summed E-state index contributed by atoms with van der Waals surface area (Å²) in [6, 6.07) is 0. The van der Waals surface area contributed by atoms with Crippen LogP contribution in [-0.4, -0.2) is 44.3 Å². The topological polar surface area (TPSA) is 12.0 Å². The van der Waals surface area contributed by atoms with E-state index < -0.39 is 0 Å². The summed E-state index contributed by atoms with van der Waals surface area (Å²) in [6.07, 6.45) is 4.09. The molecule has 0 aromatic rings. The molecule has 1 aliphatic heterocycles. The summed E-state index contributed by atoms with van der Waals surface area (Å²) in [5, 5.41) is 3.48. The SMILES string of the molecule is CC1=C(C[N+]2(C)CCNCC2)C(C)(C)CCC1. The molecule has 1 aliphatic carbocycles. The predicted molar refractivity (Wildman–Crippen MR) is 74.0 cm³/mol. The number of quaternary nitrogens is 1. The normalized spacial score (nSPS) is 28.2. The molecule has 2 rings (SSSR count). The van der Waals surface area contributed by atoms with Crippen molar-refractivity contribution < 1.29 is 4.48 Å². The fraction of sp³-hybridized carbons (Fsp3) is 0.867. The van der Waals surface area contributed by atoms with E-state index in [0.717, 1.165) is 0 Å². The van der Waals surface area contributed by atoms with Gasteiger partial charge in [0, 0.05) is 13.1 Å². The quantitative estimate of drug-likeness (QED) is 0.575. The van der Waals surface area contributed by atoms with Crippen LogP contribution in [0.5, 0.6) is 0 Å². The van der Waals surface area contributed by atoms with Crippen molar-refractivity contribution in [2.75, 3.05) is 39.8 Å². The van der Waals surface area contributed by atoms with Crippen LogP contribution in [0.25, 0.3) is 0 Å². The lowest BCUT2D eigenvalue weighted by atomic mass is 9.72. The molecule has 0 bridgehead atoms. The van der Waals surface area contributed by atoms with Crippen LogP contribution in [0, 0.1) is 5.41 Å². The van der Waals surface area contributed by atoms with E-state index in [0.29, 0.717) is 5.41 Å². The second kappa shape index (κ2) is 4.74. The van der Waals surface area contributed by atoms with Crippen molar-refractivity contribution in [1.82, 2.24) is 5.32 Å². The van der Waals surface area contributed by atoms with Crippen molar-refractivity contribution in [3.63, 3.8) is 0 Å². The summed E-state index contributed by atoms with van der Waals surface area (Å²) in [6.45, 7) is 13.5. The monoisotopic (exact) mass is 237 g/mol. The van der Waals surface area contributed by atoms with E-state index in [1.165, 1.54) is 56.5 Å². The molecule has 0 saturated carbocycles. The average molecular weight is 237 g/mol. The van der Waals surface area contributed by atoms with Gasteiger partial charge in [-0.1, -0.05) is 19.4 Å². The number of likely N-dealkylation sites (N-methyl/N-ethyl adjacent to an activating group) is 1. The predicted octanol–water partition coefficient (Wildman–Crippen LogP) is 2.56. The first-order valence-corrected chi connectivity index (χ1v) is 7.16. The van der Waals surface area contributed by atoms with Gasteiger partial charge in [-0.05, 0) is 37.2 Å². The first-order valence-electron chi connectivity index (χ1n) is 7.16. The maximum atomic E-state index is 3.48. The van der Waals surface area contributed by atoms with E-state index in [1.807, 2.05) is 0 Å². The van der Waals surface area contributed by atoms with Crippen molar-refractivity contribution in [2.45, 2.75) is 40.0 Å². The maximum Gasteiger partial charge on any atom is 0.101 e. The number of hydrogen-bond donors (Lipinski definition) is 1. The standard InChI is InChI=1S/C15H29N2/c1-13-6-5-7-15(2,3)14(13)12-17(4)10-8-16-9-11-17/h16H,5-12H2,1-4H3/q+1. The van der Waals surface area contributed by atoms with Gasteiger partial charge >= 0.3 is 0 Å². The molecule has 0 unspecified atom stereocenters. The minimum absolute atomic E-state index is 0.439. The van der Waals surface area contributed by atoms with Crippen LogP contribution in [-0.2, 0) is 0 Å². The lowest BCUT2D eigenvalue weighted by Crippen LogP contribution is -2.57. The number of hydrogen-bond acceptors (Lipinski definition) is 1. The highest BCUT2D eigenvalue weighted by Gasteiger charge is 2.35. The third-order valence-electron chi connectivity index (χ3n) is 4.88. The molecule has 0 radical (unpaired) electrons. The van der Waals surface area contributed by atoms with Crippen LogP contribution in [0.3, 0.4) is 0 Å². The molecule has 1 saturated heterocycles. The van der Waals surface area contributed by atoms with E-state index >= 15 is 0 Å². The summed E-state index contributed by atoms with van der Waals surface area (Å²) >= 11 is 0. The largest absolute Gasteiger partial charge is 0.320 e. The Hall–Kier alpha value is -0.340. The first kappa shape index (κ1) is 13.1. The van der Waals surface area contributed by atoms with E-state index in [-0.39, 0.29) is 0 Å². The van der Waals surface area contributed by atoms with Crippen molar-refractivity contribution in [3.8, 4) is 0 Å². The molecule has 1 fully saturated rings. The molecule has 2 aliphatic rings. The number of piperazine rings is 1. The number of nitrogens with one attached hydrogen (secondary N) is 1. The highest BCUT2D eigenvalue weighted by atomic mass is 15.4. The summed E-state index contributed by atoms with van der Waals surface area (Å²) in [4.78, 5) is 0. The van der Waals surface area contributed by atoms with Crippen LogP contribution in [0.1, 0.15) is 40.0 Å². The molecule has 0 aromatic heterocycles. The van der Waals surface area contributed by atoms with Crippen molar-refractivity contribution >= 4 is 0 Å². The van der Waals surface area contributed by atoms with E-state index in [1.54, 1.807) is 11.1 Å². The molecule has 2 nitrogen and oxygen atoms in total. The summed E-state index contributed by atoms with van der Waals surface area (Å²) < 4.78 is 1.24. The smallest absolute Gasteiger partial charge is 0.101 e. The third kappa shape index (κ3) is 2.92. The zero-order chi connectivity index (χ0) is 12.5. The number of rotatable bonds is 2. The number of allylic oxidation sites excluding steroid dienone is 1. The van der Waals surface area contributed by atoms with Crippen LogP contribution >= 0.6 is 0 Å². The Labute approximate surface area is 107 Å². The van der Waals surface area contributed by atoms with Gasteiger partial charge in [-0.15, -0.1) is 0 Å². The Balaban J connectivity index is 2.15. The van der Waals surface area contributed by atoms with E-state index in [9.17, 15) is 0 Å². The minimum atomic E-state index is 0.439. The van der Waals surface area contributed by atoms with Gasteiger partial charge in [-0.25, -0.2) is 0 Å². The maximum absolute atomic E-state index is 3.48. The Morgan fingerprint density at radius 2 is 1.88 bits per heavy atom. The van der Waals surface area contributed by atoms with Gasteiger partial charge in [-0.2, -0.15) is 0 Å². The van der Waals surface area contributed by atoms with E-state index in [4.69, 9.17) is 0 Å². The second-order valence-electron chi connectivity index (χ2n) is 6.97. The molecular weight excluding hydrogens is 208 g/mol. The van der Waals surface area contributed by atoms with Gasteiger partial charge in [0.25, 0.3) is 0 Å². The third-order valence-corrected chi connectivity index (χ3v) is 4.88. The van der Waals surface area contributed by atoms with Crippen molar-refractivity contribution in [1.29, 1.82) is 0 Å². The van der Waals surface area contributed by atoms with Gasteiger partial charge in [0.2, 0.25) is 0 Å². The Morgan fingerprint density at radius 3 is 2.47 bits per heavy atom.